The molecular formula is C24H40O4. The molecule has 160 valence electrons. The van der Waals surface area contributed by atoms with Crippen molar-refractivity contribution < 1.29 is 20.1 Å². The molecule has 0 aliphatic heterocycles. The largest absolute Gasteiger partial charge is 0.481 e. The van der Waals surface area contributed by atoms with Crippen LogP contribution < -0.4 is 0 Å². The lowest BCUT2D eigenvalue weighted by Gasteiger charge is -2.62. The van der Waals surface area contributed by atoms with Crippen molar-refractivity contribution in [3.8, 4) is 0 Å². The van der Waals surface area contributed by atoms with Gasteiger partial charge in [0.2, 0.25) is 0 Å². The van der Waals surface area contributed by atoms with Crippen LogP contribution in [0.3, 0.4) is 0 Å². The van der Waals surface area contributed by atoms with Gasteiger partial charge >= 0.3 is 5.97 Å². The number of carboxylic acids is 1. The fraction of sp³-hybridized carbons (Fsp3) is 0.958. The third kappa shape index (κ3) is 3.14. The van der Waals surface area contributed by atoms with Gasteiger partial charge in [0, 0.05) is 6.42 Å². The highest BCUT2D eigenvalue weighted by Gasteiger charge is 2.62. The zero-order valence-electron chi connectivity index (χ0n) is 17.9. The summed E-state index contributed by atoms with van der Waals surface area (Å²) in [5.74, 6) is 2.36. The van der Waals surface area contributed by atoms with Crippen molar-refractivity contribution in [1.82, 2.24) is 0 Å². The Bertz CT molecular complexity index is 605. The number of hydrogen-bond donors (Lipinski definition) is 3. The first-order valence-corrected chi connectivity index (χ1v) is 11.7. The highest BCUT2D eigenvalue weighted by molar-refractivity contribution is 5.66. The van der Waals surface area contributed by atoms with E-state index in [4.69, 9.17) is 5.11 Å². The summed E-state index contributed by atoms with van der Waals surface area (Å²) < 4.78 is 0. The molecule has 4 heteroatoms. The van der Waals surface area contributed by atoms with Gasteiger partial charge in [-0.05, 0) is 104 Å². The van der Waals surface area contributed by atoms with Gasteiger partial charge in [-0.2, -0.15) is 0 Å². The van der Waals surface area contributed by atoms with Crippen LogP contribution in [0, 0.1) is 46.3 Å². The van der Waals surface area contributed by atoms with Crippen molar-refractivity contribution in [3.63, 3.8) is 0 Å². The van der Waals surface area contributed by atoms with Crippen molar-refractivity contribution >= 4 is 5.97 Å². The summed E-state index contributed by atoms with van der Waals surface area (Å²) in [5, 5.41) is 30.5. The van der Waals surface area contributed by atoms with Crippen molar-refractivity contribution in [3.05, 3.63) is 0 Å². The first-order chi connectivity index (χ1) is 13.2. The van der Waals surface area contributed by atoms with E-state index in [1.165, 1.54) is 25.7 Å². The van der Waals surface area contributed by atoms with Crippen molar-refractivity contribution in [2.45, 2.75) is 97.2 Å². The van der Waals surface area contributed by atoms with E-state index >= 15 is 0 Å². The van der Waals surface area contributed by atoms with Gasteiger partial charge in [-0.25, -0.2) is 0 Å². The van der Waals surface area contributed by atoms with Gasteiger partial charge in [-0.15, -0.1) is 0 Å². The lowest BCUT2D eigenvalue weighted by atomic mass is 9.43. The molecule has 0 bridgehead atoms. The molecule has 0 aromatic carbocycles. The SMILES string of the molecule is CC(CCC(=O)O)[C@H]1CCC2C3C(CCC21C)C1(C)CC[C@@H](O)C[C@H]1C[C@H]3O. The van der Waals surface area contributed by atoms with Crippen molar-refractivity contribution in [2.75, 3.05) is 0 Å². The van der Waals surface area contributed by atoms with Crippen LogP contribution in [0.1, 0.15) is 85.0 Å². The number of fused-ring (bicyclic) bond motifs is 5. The summed E-state index contributed by atoms with van der Waals surface area (Å²) >= 11 is 0. The molecule has 4 rings (SSSR count). The van der Waals surface area contributed by atoms with E-state index in [-0.39, 0.29) is 29.5 Å². The number of aliphatic carboxylic acids is 1. The van der Waals surface area contributed by atoms with Gasteiger partial charge in [0.05, 0.1) is 12.2 Å². The van der Waals surface area contributed by atoms with Gasteiger partial charge in [-0.1, -0.05) is 20.8 Å². The van der Waals surface area contributed by atoms with Crippen LogP contribution >= 0.6 is 0 Å². The molecule has 4 saturated carbocycles. The Hall–Kier alpha value is -0.610. The molecule has 6 unspecified atom stereocenters. The van der Waals surface area contributed by atoms with E-state index in [2.05, 4.69) is 20.8 Å². The quantitative estimate of drug-likeness (QED) is 0.659. The molecular weight excluding hydrogens is 352 g/mol. The lowest BCUT2D eigenvalue weighted by Crippen LogP contribution is -2.58. The second-order valence-electron chi connectivity index (χ2n) is 11.4. The number of aliphatic hydroxyl groups is 2. The Morgan fingerprint density at radius 3 is 2.39 bits per heavy atom. The second kappa shape index (κ2) is 7.27. The molecule has 0 saturated heterocycles. The summed E-state index contributed by atoms with van der Waals surface area (Å²) in [6.45, 7) is 7.16. The maximum absolute atomic E-state index is 11.2. The van der Waals surface area contributed by atoms with Gasteiger partial charge < -0.3 is 15.3 Å². The number of carboxylic acid groups (broad SMARTS) is 1. The Morgan fingerprint density at radius 1 is 1.00 bits per heavy atom. The van der Waals surface area contributed by atoms with Gasteiger partial charge in [0.1, 0.15) is 0 Å². The molecule has 0 spiro atoms. The Kier molecular flexibility index (Phi) is 5.36. The zero-order chi connectivity index (χ0) is 20.3. The molecule has 4 fully saturated rings. The first kappa shape index (κ1) is 20.7. The maximum Gasteiger partial charge on any atom is 0.303 e. The summed E-state index contributed by atoms with van der Waals surface area (Å²) in [5.41, 5.74) is 0.523. The van der Waals surface area contributed by atoms with Gasteiger partial charge in [-0.3, -0.25) is 4.79 Å². The molecule has 4 aliphatic rings. The smallest absolute Gasteiger partial charge is 0.303 e. The topological polar surface area (TPSA) is 77.8 Å². The highest BCUT2D eigenvalue weighted by Crippen LogP contribution is 2.68. The Morgan fingerprint density at radius 2 is 1.68 bits per heavy atom. The predicted molar refractivity (Wildman–Crippen MR) is 109 cm³/mol. The molecule has 0 radical (unpaired) electrons. The molecule has 28 heavy (non-hydrogen) atoms. The van der Waals surface area contributed by atoms with Crippen molar-refractivity contribution in [1.29, 1.82) is 0 Å². The number of hydrogen-bond acceptors (Lipinski definition) is 3. The minimum Gasteiger partial charge on any atom is -0.481 e. The first-order valence-electron chi connectivity index (χ1n) is 11.7. The maximum atomic E-state index is 11.2. The third-order valence-electron chi connectivity index (χ3n) is 10.2. The highest BCUT2D eigenvalue weighted by atomic mass is 16.4. The molecule has 4 aliphatic carbocycles. The van der Waals surface area contributed by atoms with Crippen LogP contribution in [0.5, 0.6) is 0 Å². The average molecular weight is 393 g/mol. The summed E-state index contributed by atoms with van der Waals surface area (Å²) in [6.07, 6.45) is 9.19. The van der Waals surface area contributed by atoms with E-state index in [0.717, 1.165) is 32.1 Å². The van der Waals surface area contributed by atoms with Crippen LogP contribution in [-0.4, -0.2) is 33.5 Å². The van der Waals surface area contributed by atoms with E-state index in [1.54, 1.807) is 0 Å². The molecule has 0 heterocycles. The van der Waals surface area contributed by atoms with Crippen LogP contribution in [0.25, 0.3) is 0 Å². The van der Waals surface area contributed by atoms with E-state index in [0.29, 0.717) is 35.5 Å². The second-order valence-corrected chi connectivity index (χ2v) is 11.4. The molecule has 0 aromatic heterocycles. The van der Waals surface area contributed by atoms with Crippen LogP contribution in [0.2, 0.25) is 0 Å². The van der Waals surface area contributed by atoms with E-state index in [9.17, 15) is 15.0 Å². The van der Waals surface area contributed by atoms with Crippen LogP contribution in [-0.2, 0) is 4.79 Å². The monoisotopic (exact) mass is 392 g/mol. The molecule has 10 atom stereocenters. The Balaban J connectivity index is 1.55. The van der Waals surface area contributed by atoms with Gasteiger partial charge in [0.15, 0.2) is 0 Å². The molecule has 3 N–H and O–H groups in total. The summed E-state index contributed by atoms with van der Waals surface area (Å²) in [7, 11) is 0. The Labute approximate surface area is 170 Å². The predicted octanol–water partition coefficient (Wildman–Crippen LogP) is 4.48. The fourth-order valence-electron chi connectivity index (χ4n) is 8.73. The minimum absolute atomic E-state index is 0.179. The van der Waals surface area contributed by atoms with Crippen LogP contribution in [0.4, 0.5) is 0 Å². The van der Waals surface area contributed by atoms with E-state index in [1.807, 2.05) is 0 Å². The van der Waals surface area contributed by atoms with Crippen molar-refractivity contribution in [2.24, 2.45) is 46.3 Å². The average Bonchev–Trinajstić information content (AvgIpc) is 2.98. The van der Waals surface area contributed by atoms with E-state index < -0.39 is 5.97 Å². The summed E-state index contributed by atoms with van der Waals surface area (Å²) in [4.78, 5) is 11.1. The standard InChI is InChI=1S/C24H40O4/c1-14(4-7-21(27)28)17-5-6-18-22-19(9-11-24(17,18)3)23(2)10-8-16(25)12-15(23)13-20(22)26/h14-20,22,25-26H,4-13H2,1-3H3,(H,27,28)/t14?,15-,16+,17+,18?,19?,20+,22?,23?,24?/m0/s1. The number of rotatable bonds is 4. The lowest BCUT2D eigenvalue weighted by molar-refractivity contribution is -0.174. The summed E-state index contributed by atoms with van der Waals surface area (Å²) in [6, 6.07) is 0. The molecule has 0 aromatic rings. The third-order valence-corrected chi connectivity index (χ3v) is 10.2. The zero-order valence-corrected chi connectivity index (χ0v) is 17.9. The normalized spacial score (nSPS) is 51.7. The minimum atomic E-state index is -0.684. The number of aliphatic hydroxyl groups excluding tert-OH is 2. The van der Waals surface area contributed by atoms with Gasteiger partial charge in [0.25, 0.3) is 0 Å². The number of carbonyl (C=O) groups is 1. The fourth-order valence-corrected chi connectivity index (χ4v) is 8.73. The van der Waals surface area contributed by atoms with Crippen LogP contribution in [0.15, 0.2) is 0 Å². The molecule has 0 amide bonds. The molecule has 4 nitrogen and oxygen atoms in total.